The zero-order valence-electron chi connectivity index (χ0n) is 7.08. The van der Waals surface area contributed by atoms with Gasteiger partial charge in [0, 0.05) is 31.8 Å². The number of carbonyl (C=O) groups excluding carboxylic acids is 1. The van der Waals surface area contributed by atoms with Crippen LogP contribution in [0.25, 0.3) is 0 Å². The molecule has 2 heterocycles. The van der Waals surface area contributed by atoms with E-state index in [-0.39, 0.29) is 5.91 Å². The monoisotopic (exact) mass is 176 g/mol. The summed E-state index contributed by atoms with van der Waals surface area (Å²) in [6, 6.07) is 1.70. The second kappa shape index (κ2) is 2.85. The molecule has 2 rings (SSSR count). The van der Waals surface area contributed by atoms with Crippen molar-refractivity contribution in [3.63, 3.8) is 0 Å². The van der Waals surface area contributed by atoms with Crippen LogP contribution in [0.4, 0.5) is 0 Å². The molecule has 0 radical (unpaired) electrons. The Morgan fingerprint density at radius 2 is 2.23 bits per heavy atom. The van der Waals surface area contributed by atoms with Crippen LogP contribution in [0, 0.1) is 0 Å². The van der Waals surface area contributed by atoms with Crippen molar-refractivity contribution in [2.24, 2.45) is 7.05 Å². The minimum Gasteiger partial charge on any atom is -0.330 e. The predicted octanol–water partition coefficient (Wildman–Crippen LogP) is 0.305. The molecule has 0 N–H and O–H groups in total. The first-order valence-corrected chi connectivity index (χ1v) is 3.80. The average Bonchev–Trinajstić information content (AvgIpc) is 2.72. The SMILES string of the molecule is Cn1ccnc1C(=O)n1cccn1. The third-order valence-electron chi connectivity index (χ3n) is 1.72. The van der Waals surface area contributed by atoms with Crippen LogP contribution < -0.4 is 0 Å². The highest BCUT2D eigenvalue weighted by molar-refractivity contribution is 5.91. The molecule has 13 heavy (non-hydrogen) atoms. The maximum Gasteiger partial charge on any atom is 0.314 e. The fourth-order valence-corrected chi connectivity index (χ4v) is 1.06. The van der Waals surface area contributed by atoms with Gasteiger partial charge in [0.05, 0.1) is 0 Å². The molecule has 0 unspecified atom stereocenters. The number of hydrogen-bond donors (Lipinski definition) is 0. The first kappa shape index (κ1) is 7.72. The van der Waals surface area contributed by atoms with Crippen molar-refractivity contribution in [1.29, 1.82) is 0 Å². The van der Waals surface area contributed by atoms with Gasteiger partial charge in [-0.25, -0.2) is 9.67 Å². The summed E-state index contributed by atoms with van der Waals surface area (Å²) in [4.78, 5) is 15.5. The summed E-state index contributed by atoms with van der Waals surface area (Å²) in [7, 11) is 1.77. The van der Waals surface area contributed by atoms with E-state index >= 15 is 0 Å². The van der Waals surface area contributed by atoms with E-state index in [2.05, 4.69) is 10.1 Å². The molecule has 0 aliphatic rings. The van der Waals surface area contributed by atoms with Gasteiger partial charge in [-0.3, -0.25) is 4.79 Å². The summed E-state index contributed by atoms with van der Waals surface area (Å²) in [5.41, 5.74) is 0. The van der Waals surface area contributed by atoms with Crippen LogP contribution in [0.5, 0.6) is 0 Å². The van der Waals surface area contributed by atoms with Gasteiger partial charge in [0.1, 0.15) is 0 Å². The molecule has 0 fully saturated rings. The first-order valence-electron chi connectivity index (χ1n) is 3.80. The third kappa shape index (κ3) is 1.24. The Hall–Kier alpha value is -1.91. The minimum atomic E-state index is -0.225. The highest BCUT2D eigenvalue weighted by atomic mass is 16.2. The zero-order chi connectivity index (χ0) is 9.26. The Labute approximate surface area is 74.6 Å². The number of nitrogens with zero attached hydrogens (tertiary/aromatic N) is 4. The normalized spacial score (nSPS) is 10.2. The van der Waals surface area contributed by atoms with Crippen molar-refractivity contribution < 1.29 is 4.79 Å². The van der Waals surface area contributed by atoms with Crippen LogP contribution in [0.3, 0.4) is 0 Å². The van der Waals surface area contributed by atoms with Gasteiger partial charge in [0.15, 0.2) is 0 Å². The van der Waals surface area contributed by atoms with Crippen molar-refractivity contribution in [2.45, 2.75) is 0 Å². The van der Waals surface area contributed by atoms with E-state index in [4.69, 9.17) is 0 Å². The minimum absolute atomic E-state index is 0.225. The van der Waals surface area contributed by atoms with Gasteiger partial charge in [0.2, 0.25) is 5.82 Å². The standard InChI is InChI=1S/C8H8N4O/c1-11-6-4-9-7(11)8(13)12-5-2-3-10-12/h2-6H,1H3. The Balaban J connectivity index is 2.39. The van der Waals surface area contributed by atoms with E-state index in [0.717, 1.165) is 0 Å². The summed E-state index contributed by atoms with van der Waals surface area (Å²) in [6.07, 6.45) is 6.45. The highest BCUT2D eigenvalue weighted by Gasteiger charge is 2.12. The van der Waals surface area contributed by atoms with E-state index in [1.165, 1.54) is 4.68 Å². The van der Waals surface area contributed by atoms with Gasteiger partial charge in [-0.05, 0) is 6.07 Å². The first-order chi connectivity index (χ1) is 6.29. The lowest BCUT2D eigenvalue weighted by Gasteiger charge is -1.99. The average molecular weight is 176 g/mol. The van der Waals surface area contributed by atoms with Gasteiger partial charge in [0.25, 0.3) is 0 Å². The smallest absolute Gasteiger partial charge is 0.314 e. The predicted molar refractivity (Wildman–Crippen MR) is 45.2 cm³/mol. The molecule has 2 aromatic rings. The van der Waals surface area contributed by atoms with Crippen LogP contribution in [-0.2, 0) is 7.05 Å². The maximum atomic E-state index is 11.6. The summed E-state index contributed by atoms with van der Waals surface area (Å²) in [5.74, 6) is 0.154. The van der Waals surface area contributed by atoms with Crippen molar-refractivity contribution in [1.82, 2.24) is 19.3 Å². The second-order valence-corrected chi connectivity index (χ2v) is 2.62. The molecule has 0 aliphatic heterocycles. The fourth-order valence-electron chi connectivity index (χ4n) is 1.06. The Bertz CT molecular complexity index is 415. The van der Waals surface area contributed by atoms with Gasteiger partial charge in [-0.2, -0.15) is 5.10 Å². The number of rotatable bonds is 1. The maximum absolute atomic E-state index is 11.6. The molecule has 0 spiro atoms. The molecule has 0 bridgehead atoms. The lowest BCUT2D eigenvalue weighted by atomic mass is 10.5. The summed E-state index contributed by atoms with van der Waals surface area (Å²) >= 11 is 0. The van der Waals surface area contributed by atoms with E-state index in [0.29, 0.717) is 5.82 Å². The van der Waals surface area contributed by atoms with Crippen LogP contribution in [-0.4, -0.2) is 25.2 Å². The van der Waals surface area contributed by atoms with Crippen molar-refractivity contribution in [2.75, 3.05) is 0 Å². The molecule has 0 amide bonds. The largest absolute Gasteiger partial charge is 0.330 e. The Kier molecular flexibility index (Phi) is 1.70. The van der Waals surface area contributed by atoms with Gasteiger partial charge >= 0.3 is 5.91 Å². The van der Waals surface area contributed by atoms with Crippen molar-refractivity contribution >= 4 is 5.91 Å². The van der Waals surface area contributed by atoms with Crippen LogP contribution >= 0.6 is 0 Å². The highest BCUT2D eigenvalue weighted by Crippen LogP contribution is 1.97. The number of aryl methyl sites for hydroxylation is 1. The molecule has 0 aromatic carbocycles. The second-order valence-electron chi connectivity index (χ2n) is 2.62. The van der Waals surface area contributed by atoms with Crippen LogP contribution in [0.15, 0.2) is 30.9 Å². The molecule has 5 heteroatoms. The molecular formula is C8H8N4O. The van der Waals surface area contributed by atoms with Crippen molar-refractivity contribution in [3.05, 3.63) is 36.7 Å². The molecular weight excluding hydrogens is 168 g/mol. The number of hydrogen-bond acceptors (Lipinski definition) is 3. The molecule has 5 nitrogen and oxygen atoms in total. The van der Waals surface area contributed by atoms with Crippen LogP contribution in [0.1, 0.15) is 10.6 Å². The van der Waals surface area contributed by atoms with Crippen molar-refractivity contribution in [3.8, 4) is 0 Å². The Morgan fingerprint density at radius 3 is 2.77 bits per heavy atom. The number of aromatic nitrogens is 4. The molecule has 0 saturated carbocycles. The molecule has 0 aliphatic carbocycles. The Morgan fingerprint density at radius 1 is 1.38 bits per heavy atom. The van der Waals surface area contributed by atoms with E-state index in [1.54, 1.807) is 42.5 Å². The lowest BCUT2D eigenvalue weighted by molar-refractivity contribution is 0.0931. The fraction of sp³-hybridized carbons (Fsp3) is 0.125. The van der Waals surface area contributed by atoms with E-state index in [1.807, 2.05) is 0 Å². The molecule has 2 aromatic heterocycles. The molecule has 66 valence electrons. The quantitative estimate of drug-likeness (QED) is 0.628. The topological polar surface area (TPSA) is 52.7 Å². The summed E-state index contributed by atoms with van der Waals surface area (Å²) in [5, 5.41) is 3.83. The summed E-state index contributed by atoms with van der Waals surface area (Å²) < 4.78 is 2.91. The van der Waals surface area contributed by atoms with Crippen LogP contribution in [0.2, 0.25) is 0 Å². The lowest BCUT2D eigenvalue weighted by Crippen LogP contribution is -2.16. The number of carbonyl (C=O) groups is 1. The van der Waals surface area contributed by atoms with E-state index in [9.17, 15) is 4.79 Å². The zero-order valence-corrected chi connectivity index (χ0v) is 7.08. The third-order valence-corrected chi connectivity index (χ3v) is 1.72. The van der Waals surface area contributed by atoms with Gasteiger partial charge < -0.3 is 4.57 Å². The van der Waals surface area contributed by atoms with E-state index < -0.39 is 0 Å². The van der Waals surface area contributed by atoms with Gasteiger partial charge in [-0.15, -0.1) is 0 Å². The number of imidazole rings is 1. The molecule has 0 atom stereocenters. The van der Waals surface area contributed by atoms with Gasteiger partial charge in [-0.1, -0.05) is 0 Å². The summed E-state index contributed by atoms with van der Waals surface area (Å²) in [6.45, 7) is 0. The molecule has 0 saturated heterocycles.